The Labute approximate surface area is 125 Å². The van der Waals surface area contributed by atoms with Gasteiger partial charge in [0.15, 0.2) is 0 Å². The van der Waals surface area contributed by atoms with Crippen molar-refractivity contribution in [2.24, 2.45) is 5.92 Å². The van der Waals surface area contributed by atoms with Crippen LogP contribution in [0, 0.1) is 5.92 Å². The molecule has 1 amide bonds. The van der Waals surface area contributed by atoms with Gasteiger partial charge in [-0.2, -0.15) is 5.10 Å². The van der Waals surface area contributed by atoms with Gasteiger partial charge in [-0.05, 0) is 19.8 Å². The minimum atomic E-state index is -0.189. The van der Waals surface area contributed by atoms with Gasteiger partial charge in [0.2, 0.25) is 5.91 Å². The lowest BCUT2D eigenvalue weighted by atomic mass is 9.96. The van der Waals surface area contributed by atoms with E-state index in [1.54, 1.807) is 13.3 Å². The molecule has 6 heteroatoms. The van der Waals surface area contributed by atoms with Crippen LogP contribution in [0.1, 0.15) is 38.4 Å². The van der Waals surface area contributed by atoms with Gasteiger partial charge in [0.1, 0.15) is 0 Å². The van der Waals surface area contributed by atoms with Crippen molar-refractivity contribution in [3.05, 3.63) is 18.0 Å². The highest BCUT2D eigenvalue weighted by Gasteiger charge is 2.36. The Hall–Kier alpha value is -1.40. The third kappa shape index (κ3) is 4.04. The van der Waals surface area contributed by atoms with Crippen molar-refractivity contribution in [2.75, 3.05) is 20.3 Å². The smallest absolute Gasteiger partial charge is 0.226 e. The number of ether oxygens (including phenoxy) is 2. The molecule has 1 aromatic rings. The minimum Gasteiger partial charge on any atom is -0.383 e. The molecule has 1 aliphatic heterocycles. The highest BCUT2D eigenvalue weighted by molar-refractivity contribution is 5.80. The fourth-order valence-corrected chi connectivity index (χ4v) is 2.47. The molecule has 0 aromatic carbocycles. The average Bonchev–Trinajstić information content (AvgIpc) is 3.13. The summed E-state index contributed by atoms with van der Waals surface area (Å²) < 4.78 is 12.6. The minimum absolute atomic E-state index is 0.0801. The molecular weight excluding hydrogens is 270 g/mol. The van der Waals surface area contributed by atoms with Gasteiger partial charge in [-0.25, -0.2) is 0 Å². The van der Waals surface area contributed by atoms with Crippen LogP contribution in [0.15, 0.2) is 12.4 Å². The van der Waals surface area contributed by atoms with E-state index in [9.17, 15) is 4.79 Å². The first-order valence-corrected chi connectivity index (χ1v) is 7.59. The Balaban J connectivity index is 2.00. The number of amides is 1. The van der Waals surface area contributed by atoms with E-state index in [4.69, 9.17) is 9.47 Å². The number of rotatable bonds is 7. The quantitative estimate of drug-likeness (QED) is 0.828. The van der Waals surface area contributed by atoms with Crippen LogP contribution in [0.3, 0.4) is 0 Å². The highest BCUT2D eigenvalue weighted by atomic mass is 16.5. The predicted octanol–water partition coefficient (Wildman–Crippen LogP) is 1.52. The van der Waals surface area contributed by atoms with Crippen LogP contribution >= 0.6 is 0 Å². The first-order valence-electron chi connectivity index (χ1n) is 7.59. The Morgan fingerprint density at radius 2 is 2.48 bits per heavy atom. The second-order valence-electron chi connectivity index (χ2n) is 5.53. The molecule has 6 nitrogen and oxygen atoms in total. The summed E-state index contributed by atoms with van der Waals surface area (Å²) in [5.41, 5.74) is 0.966. The van der Waals surface area contributed by atoms with Gasteiger partial charge >= 0.3 is 0 Å². The average molecular weight is 295 g/mol. The second-order valence-corrected chi connectivity index (χ2v) is 5.53. The van der Waals surface area contributed by atoms with Crippen LogP contribution in [0.4, 0.5) is 0 Å². The summed E-state index contributed by atoms with van der Waals surface area (Å²) in [5.74, 6) is -0.0458. The molecule has 0 bridgehead atoms. The standard InChI is InChI=1S/C15H25N3O3/c1-4-11(2)17-15(19)13-5-7-21-14(13)12-9-16-18(10-12)6-8-20-3/h9-11,13-14H,4-8H2,1-3H3,(H,17,19)/t11?,13-,14+/m0/s1. The molecule has 3 atom stereocenters. The first kappa shape index (κ1) is 16.0. The number of hydrogen-bond acceptors (Lipinski definition) is 4. The summed E-state index contributed by atoms with van der Waals surface area (Å²) in [6.07, 6.45) is 5.23. The lowest BCUT2D eigenvalue weighted by Gasteiger charge is -2.19. The molecule has 1 unspecified atom stereocenters. The molecule has 2 heterocycles. The molecule has 21 heavy (non-hydrogen) atoms. The molecular formula is C15H25N3O3. The third-order valence-corrected chi connectivity index (χ3v) is 3.94. The van der Waals surface area contributed by atoms with Crippen molar-refractivity contribution >= 4 is 5.91 Å². The fourth-order valence-electron chi connectivity index (χ4n) is 2.47. The first-order chi connectivity index (χ1) is 10.2. The Bertz CT molecular complexity index is 461. The summed E-state index contributed by atoms with van der Waals surface area (Å²) in [7, 11) is 1.67. The molecule has 0 saturated carbocycles. The summed E-state index contributed by atoms with van der Waals surface area (Å²) in [4.78, 5) is 12.3. The third-order valence-electron chi connectivity index (χ3n) is 3.94. The predicted molar refractivity (Wildman–Crippen MR) is 78.8 cm³/mol. The highest BCUT2D eigenvalue weighted by Crippen LogP contribution is 2.34. The van der Waals surface area contributed by atoms with Gasteiger partial charge in [0.05, 0.1) is 31.4 Å². The van der Waals surface area contributed by atoms with E-state index in [2.05, 4.69) is 17.3 Å². The number of nitrogens with zero attached hydrogens (tertiary/aromatic N) is 2. The van der Waals surface area contributed by atoms with Crippen molar-refractivity contribution in [2.45, 2.75) is 45.4 Å². The summed E-state index contributed by atoms with van der Waals surface area (Å²) in [5, 5.41) is 7.34. The van der Waals surface area contributed by atoms with Crippen LogP contribution in [0.5, 0.6) is 0 Å². The van der Waals surface area contributed by atoms with Gasteiger partial charge in [0.25, 0.3) is 0 Å². The molecule has 0 aliphatic carbocycles. The van der Waals surface area contributed by atoms with Crippen LogP contribution in [0.2, 0.25) is 0 Å². The van der Waals surface area contributed by atoms with Crippen molar-refractivity contribution in [1.82, 2.24) is 15.1 Å². The zero-order valence-corrected chi connectivity index (χ0v) is 13.0. The maximum Gasteiger partial charge on any atom is 0.226 e. The van der Waals surface area contributed by atoms with Gasteiger partial charge in [-0.1, -0.05) is 6.92 Å². The molecule has 1 aromatic heterocycles. The molecule has 1 fully saturated rings. The van der Waals surface area contributed by atoms with E-state index in [1.165, 1.54) is 0 Å². The Morgan fingerprint density at radius 1 is 1.67 bits per heavy atom. The number of nitrogens with one attached hydrogen (secondary N) is 1. The summed E-state index contributed by atoms with van der Waals surface area (Å²) in [6.45, 7) is 6.02. The number of aromatic nitrogens is 2. The monoisotopic (exact) mass is 295 g/mol. The summed E-state index contributed by atoms with van der Waals surface area (Å²) in [6, 6.07) is 0.197. The molecule has 0 radical (unpaired) electrons. The van der Waals surface area contributed by atoms with Crippen molar-refractivity contribution in [3.8, 4) is 0 Å². The normalized spacial score (nSPS) is 23.2. The van der Waals surface area contributed by atoms with Crippen LogP contribution in [0.25, 0.3) is 0 Å². The molecule has 2 rings (SSSR count). The summed E-state index contributed by atoms with van der Waals surface area (Å²) >= 11 is 0. The molecule has 1 saturated heterocycles. The van der Waals surface area contributed by atoms with E-state index in [0.717, 1.165) is 18.4 Å². The fraction of sp³-hybridized carbons (Fsp3) is 0.733. The molecule has 118 valence electrons. The van der Waals surface area contributed by atoms with Gasteiger partial charge in [0, 0.05) is 31.5 Å². The SMILES string of the molecule is CCC(C)NC(=O)[C@H]1CCO[C@@H]1c1cnn(CCOC)c1. The van der Waals surface area contributed by atoms with Gasteiger partial charge in [-0.3, -0.25) is 9.48 Å². The Kier molecular flexibility index (Phi) is 5.76. The number of hydrogen-bond donors (Lipinski definition) is 1. The number of methoxy groups -OCH3 is 1. The molecule has 1 aliphatic rings. The van der Waals surface area contributed by atoms with E-state index in [0.29, 0.717) is 19.8 Å². The van der Waals surface area contributed by atoms with Crippen molar-refractivity contribution in [1.29, 1.82) is 0 Å². The Morgan fingerprint density at radius 3 is 3.19 bits per heavy atom. The van der Waals surface area contributed by atoms with E-state index >= 15 is 0 Å². The van der Waals surface area contributed by atoms with E-state index in [1.807, 2.05) is 17.8 Å². The van der Waals surface area contributed by atoms with E-state index < -0.39 is 0 Å². The van der Waals surface area contributed by atoms with E-state index in [-0.39, 0.29) is 24.0 Å². The van der Waals surface area contributed by atoms with Crippen LogP contribution in [-0.4, -0.2) is 42.1 Å². The molecule has 0 spiro atoms. The molecule has 1 N–H and O–H groups in total. The largest absolute Gasteiger partial charge is 0.383 e. The van der Waals surface area contributed by atoms with Gasteiger partial charge in [-0.15, -0.1) is 0 Å². The zero-order valence-electron chi connectivity index (χ0n) is 13.0. The van der Waals surface area contributed by atoms with Crippen LogP contribution in [-0.2, 0) is 20.8 Å². The van der Waals surface area contributed by atoms with Crippen molar-refractivity contribution in [3.63, 3.8) is 0 Å². The van der Waals surface area contributed by atoms with Gasteiger partial charge < -0.3 is 14.8 Å². The topological polar surface area (TPSA) is 65.4 Å². The lowest BCUT2D eigenvalue weighted by Crippen LogP contribution is -2.37. The lowest BCUT2D eigenvalue weighted by molar-refractivity contribution is -0.127. The maximum absolute atomic E-state index is 12.3. The van der Waals surface area contributed by atoms with Crippen LogP contribution < -0.4 is 5.32 Å². The number of carbonyl (C=O) groups is 1. The van der Waals surface area contributed by atoms with Crippen molar-refractivity contribution < 1.29 is 14.3 Å². The zero-order chi connectivity index (χ0) is 15.2. The number of carbonyl (C=O) groups excluding carboxylic acids is 1. The maximum atomic E-state index is 12.3. The second kappa shape index (κ2) is 7.56.